The molecule has 5 nitrogen and oxygen atoms in total. The Hall–Kier alpha value is -1.10. The summed E-state index contributed by atoms with van der Waals surface area (Å²) in [6.07, 6.45) is 0.801. The molecule has 1 rings (SSSR count). The fraction of sp³-hybridized carbons (Fsp3) is 0.714. The normalized spacial score (nSPS) is 13.0. The molecule has 0 aliphatic rings. The van der Waals surface area contributed by atoms with E-state index in [0.717, 1.165) is 6.42 Å². The highest BCUT2D eigenvalue weighted by molar-refractivity contribution is 5.23. The average Bonchev–Trinajstić information content (AvgIpc) is 2.51. The summed E-state index contributed by atoms with van der Waals surface area (Å²) in [5.41, 5.74) is 5.69. The number of hydrogen-bond acceptors (Lipinski definition) is 5. The Bertz CT molecular complexity index is 245. The van der Waals surface area contributed by atoms with Crippen molar-refractivity contribution in [2.45, 2.75) is 19.4 Å². The second kappa shape index (κ2) is 3.53. The van der Waals surface area contributed by atoms with E-state index in [1.54, 1.807) is 4.90 Å². The van der Waals surface area contributed by atoms with E-state index in [1.807, 2.05) is 21.0 Å². The topological polar surface area (TPSA) is 68.2 Å². The Morgan fingerprint density at radius 3 is 2.67 bits per heavy atom. The van der Waals surface area contributed by atoms with Crippen LogP contribution in [0.1, 0.15) is 25.3 Å². The number of anilines is 1. The van der Waals surface area contributed by atoms with Crippen molar-refractivity contribution >= 4 is 5.95 Å². The monoisotopic (exact) mass is 170 g/mol. The summed E-state index contributed by atoms with van der Waals surface area (Å²) in [5, 5.41) is 3.74. The summed E-state index contributed by atoms with van der Waals surface area (Å²) in [5.74, 6) is 1.06. The molecule has 0 saturated heterocycles. The lowest BCUT2D eigenvalue weighted by Crippen LogP contribution is -2.12. The fourth-order valence-corrected chi connectivity index (χ4v) is 0.734. The Labute approximate surface area is 71.5 Å². The van der Waals surface area contributed by atoms with Crippen LogP contribution in [0.4, 0.5) is 5.95 Å². The van der Waals surface area contributed by atoms with Gasteiger partial charge in [-0.2, -0.15) is 4.98 Å². The van der Waals surface area contributed by atoms with Crippen LogP contribution < -0.4 is 10.6 Å². The van der Waals surface area contributed by atoms with Crippen molar-refractivity contribution in [3.05, 3.63) is 5.89 Å². The van der Waals surface area contributed by atoms with Crippen LogP contribution in [0.2, 0.25) is 0 Å². The summed E-state index contributed by atoms with van der Waals surface area (Å²) < 4.78 is 4.95. The molecule has 0 bridgehead atoms. The Morgan fingerprint density at radius 1 is 1.58 bits per heavy atom. The molecule has 1 aromatic rings. The average molecular weight is 170 g/mol. The van der Waals surface area contributed by atoms with E-state index in [1.165, 1.54) is 0 Å². The third kappa shape index (κ3) is 1.73. The van der Waals surface area contributed by atoms with Crippen LogP contribution in [0, 0.1) is 0 Å². The van der Waals surface area contributed by atoms with Gasteiger partial charge >= 0.3 is 0 Å². The summed E-state index contributed by atoms with van der Waals surface area (Å²) in [6, 6.07) is -0.147. The lowest BCUT2D eigenvalue weighted by molar-refractivity contribution is 0.352. The molecule has 0 saturated carbocycles. The molecular formula is C7H14N4O. The van der Waals surface area contributed by atoms with E-state index < -0.39 is 0 Å². The van der Waals surface area contributed by atoms with Gasteiger partial charge < -0.3 is 15.2 Å². The molecular weight excluding hydrogens is 156 g/mol. The van der Waals surface area contributed by atoms with E-state index in [-0.39, 0.29) is 6.04 Å². The maximum absolute atomic E-state index is 5.69. The first-order valence-electron chi connectivity index (χ1n) is 3.91. The molecule has 1 aromatic heterocycles. The molecule has 0 aromatic carbocycles. The first kappa shape index (κ1) is 8.99. The van der Waals surface area contributed by atoms with Crippen molar-refractivity contribution < 1.29 is 4.52 Å². The summed E-state index contributed by atoms with van der Waals surface area (Å²) in [4.78, 5) is 5.88. The molecule has 2 N–H and O–H groups in total. The van der Waals surface area contributed by atoms with Gasteiger partial charge in [-0.15, -0.1) is 0 Å². The summed E-state index contributed by atoms with van der Waals surface area (Å²) in [6.45, 7) is 1.98. The predicted molar refractivity (Wildman–Crippen MR) is 45.8 cm³/mol. The molecule has 0 spiro atoms. The fourth-order valence-electron chi connectivity index (χ4n) is 0.734. The number of aromatic nitrogens is 2. The molecule has 0 aliphatic heterocycles. The minimum Gasteiger partial charge on any atom is -0.344 e. The number of hydrogen-bond donors (Lipinski definition) is 1. The van der Waals surface area contributed by atoms with Gasteiger partial charge in [-0.1, -0.05) is 6.92 Å². The van der Waals surface area contributed by atoms with Crippen LogP contribution >= 0.6 is 0 Å². The van der Waals surface area contributed by atoms with Gasteiger partial charge in [-0.3, -0.25) is 0 Å². The van der Waals surface area contributed by atoms with Gasteiger partial charge in [0.05, 0.1) is 6.04 Å². The van der Waals surface area contributed by atoms with E-state index in [2.05, 4.69) is 10.1 Å². The van der Waals surface area contributed by atoms with Crippen LogP contribution in [0.5, 0.6) is 0 Å². The van der Waals surface area contributed by atoms with Crippen molar-refractivity contribution in [3.8, 4) is 0 Å². The van der Waals surface area contributed by atoms with Crippen molar-refractivity contribution in [3.63, 3.8) is 0 Å². The van der Waals surface area contributed by atoms with Gasteiger partial charge in [0.1, 0.15) is 0 Å². The van der Waals surface area contributed by atoms with Crippen molar-refractivity contribution in [1.82, 2.24) is 10.1 Å². The van der Waals surface area contributed by atoms with E-state index in [9.17, 15) is 0 Å². The van der Waals surface area contributed by atoms with Gasteiger partial charge in [0, 0.05) is 14.1 Å². The summed E-state index contributed by atoms with van der Waals surface area (Å²) >= 11 is 0. The van der Waals surface area contributed by atoms with Gasteiger partial charge in [-0.25, -0.2) is 0 Å². The molecule has 0 fully saturated rings. The standard InChI is InChI=1S/C7H14N4O/c1-4-5(8)6-9-7(10-12-6)11(2)3/h5H,4,8H2,1-3H3. The highest BCUT2D eigenvalue weighted by Gasteiger charge is 2.13. The van der Waals surface area contributed by atoms with Crippen molar-refractivity contribution in [2.75, 3.05) is 19.0 Å². The van der Waals surface area contributed by atoms with Crippen molar-refractivity contribution in [2.24, 2.45) is 5.73 Å². The zero-order valence-corrected chi connectivity index (χ0v) is 7.61. The SMILES string of the molecule is CCC(N)c1nc(N(C)C)no1. The lowest BCUT2D eigenvalue weighted by atomic mass is 10.2. The largest absolute Gasteiger partial charge is 0.344 e. The first-order chi connectivity index (χ1) is 5.65. The molecule has 1 heterocycles. The third-order valence-corrected chi connectivity index (χ3v) is 1.59. The highest BCUT2D eigenvalue weighted by Crippen LogP contribution is 2.13. The van der Waals surface area contributed by atoms with Crippen LogP contribution in [-0.4, -0.2) is 24.2 Å². The molecule has 1 unspecified atom stereocenters. The minimum absolute atomic E-state index is 0.147. The second-order valence-electron chi connectivity index (χ2n) is 2.84. The smallest absolute Gasteiger partial charge is 0.265 e. The lowest BCUT2D eigenvalue weighted by Gasteiger charge is -2.03. The van der Waals surface area contributed by atoms with Gasteiger partial charge in [-0.05, 0) is 11.6 Å². The Kier molecular flexibility index (Phi) is 2.65. The predicted octanol–water partition coefficient (Wildman–Crippen LogP) is 0.545. The quantitative estimate of drug-likeness (QED) is 0.717. The number of nitrogens with zero attached hydrogens (tertiary/aromatic N) is 3. The molecule has 0 aliphatic carbocycles. The Morgan fingerprint density at radius 2 is 2.25 bits per heavy atom. The maximum Gasteiger partial charge on any atom is 0.265 e. The molecule has 5 heteroatoms. The number of rotatable bonds is 3. The third-order valence-electron chi connectivity index (χ3n) is 1.59. The van der Waals surface area contributed by atoms with E-state index in [0.29, 0.717) is 11.8 Å². The molecule has 0 radical (unpaired) electrons. The highest BCUT2D eigenvalue weighted by atomic mass is 16.5. The molecule has 1 atom stereocenters. The molecule has 0 amide bonds. The molecule has 12 heavy (non-hydrogen) atoms. The first-order valence-corrected chi connectivity index (χ1v) is 3.91. The molecule has 68 valence electrons. The van der Waals surface area contributed by atoms with Gasteiger partial charge in [0.2, 0.25) is 5.89 Å². The van der Waals surface area contributed by atoms with E-state index >= 15 is 0 Å². The van der Waals surface area contributed by atoms with Crippen LogP contribution in [-0.2, 0) is 0 Å². The summed E-state index contributed by atoms with van der Waals surface area (Å²) in [7, 11) is 3.71. The maximum atomic E-state index is 5.69. The second-order valence-corrected chi connectivity index (χ2v) is 2.84. The van der Waals surface area contributed by atoms with Crippen LogP contribution in [0.3, 0.4) is 0 Å². The zero-order valence-electron chi connectivity index (χ0n) is 7.61. The van der Waals surface area contributed by atoms with Gasteiger partial charge in [0.15, 0.2) is 0 Å². The number of nitrogens with two attached hydrogens (primary N) is 1. The zero-order chi connectivity index (χ0) is 9.14. The minimum atomic E-state index is -0.147. The van der Waals surface area contributed by atoms with Crippen LogP contribution in [0.15, 0.2) is 4.52 Å². The van der Waals surface area contributed by atoms with Crippen LogP contribution in [0.25, 0.3) is 0 Å². The Balaban J connectivity index is 2.77. The van der Waals surface area contributed by atoms with Gasteiger partial charge in [0.25, 0.3) is 5.95 Å². The van der Waals surface area contributed by atoms with E-state index in [4.69, 9.17) is 10.3 Å². The van der Waals surface area contributed by atoms with Crippen molar-refractivity contribution in [1.29, 1.82) is 0 Å².